The van der Waals surface area contributed by atoms with Crippen molar-refractivity contribution in [2.45, 2.75) is 66.4 Å². The van der Waals surface area contributed by atoms with Crippen LogP contribution in [0.15, 0.2) is 34.9 Å². The van der Waals surface area contributed by atoms with Crippen LogP contribution in [0.25, 0.3) is 0 Å². The van der Waals surface area contributed by atoms with Crippen molar-refractivity contribution in [3.8, 4) is 0 Å². The predicted molar refractivity (Wildman–Crippen MR) is 106 cm³/mol. The number of ether oxygens (including phenoxy) is 1. The van der Waals surface area contributed by atoms with Gasteiger partial charge in [0, 0.05) is 12.8 Å². The average molecular weight is 365 g/mol. The molecule has 0 amide bonds. The zero-order valence-corrected chi connectivity index (χ0v) is 17.0. The van der Waals surface area contributed by atoms with E-state index in [0.717, 1.165) is 30.4 Å². The van der Waals surface area contributed by atoms with Crippen LogP contribution in [0.1, 0.15) is 60.3 Å². The Balaban J connectivity index is 3.10. The second-order valence-electron chi connectivity index (χ2n) is 7.82. The lowest BCUT2D eigenvalue weighted by atomic mass is 9.73. The molecule has 0 spiro atoms. The molecule has 4 nitrogen and oxygen atoms in total. The summed E-state index contributed by atoms with van der Waals surface area (Å²) in [6.45, 7) is 9.87. The van der Waals surface area contributed by atoms with Gasteiger partial charge in [0.2, 0.25) is 0 Å². The van der Waals surface area contributed by atoms with Gasteiger partial charge in [0.1, 0.15) is 6.61 Å². The number of rotatable bonds is 7. The second-order valence-corrected chi connectivity index (χ2v) is 7.82. The van der Waals surface area contributed by atoms with Crippen molar-refractivity contribution >= 4 is 5.97 Å². The minimum absolute atomic E-state index is 0.0547. The molecule has 0 aromatic carbocycles. The molecule has 148 valence electrons. The van der Waals surface area contributed by atoms with Gasteiger partial charge in [0.05, 0.1) is 12.7 Å². The van der Waals surface area contributed by atoms with Crippen LogP contribution < -0.4 is 0 Å². The zero-order valence-electron chi connectivity index (χ0n) is 17.0. The maximum absolute atomic E-state index is 11.3. The molecule has 0 aromatic heterocycles. The molecule has 0 aromatic rings. The van der Waals surface area contributed by atoms with Crippen molar-refractivity contribution in [3.63, 3.8) is 0 Å². The van der Waals surface area contributed by atoms with E-state index in [1.807, 2.05) is 13.0 Å². The molecular formula is C22H36O4. The van der Waals surface area contributed by atoms with Crippen molar-refractivity contribution in [2.24, 2.45) is 17.8 Å². The van der Waals surface area contributed by atoms with Crippen molar-refractivity contribution in [2.75, 3.05) is 13.2 Å². The van der Waals surface area contributed by atoms with E-state index < -0.39 is 6.10 Å². The summed E-state index contributed by atoms with van der Waals surface area (Å²) in [4.78, 5) is 11.3. The van der Waals surface area contributed by atoms with Crippen LogP contribution in [0.3, 0.4) is 0 Å². The number of aliphatic hydroxyl groups excluding tert-OH is 2. The van der Waals surface area contributed by atoms with Gasteiger partial charge in [-0.2, -0.15) is 0 Å². The Morgan fingerprint density at radius 1 is 1.35 bits per heavy atom. The third-order valence-electron chi connectivity index (χ3n) is 5.23. The number of carbonyl (C=O) groups is 1. The fourth-order valence-electron chi connectivity index (χ4n) is 3.82. The van der Waals surface area contributed by atoms with E-state index in [2.05, 4.69) is 32.9 Å². The van der Waals surface area contributed by atoms with Gasteiger partial charge < -0.3 is 14.9 Å². The number of esters is 1. The van der Waals surface area contributed by atoms with Crippen LogP contribution in [-0.2, 0) is 9.53 Å². The van der Waals surface area contributed by atoms with Crippen LogP contribution in [0, 0.1) is 17.8 Å². The number of aliphatic hydroxyl groups is 2. The third kappa shape index (κ3) is 7.46. The summed E-state index contributed by atoms with van der Waals surface area (Å²) in [5.74, 6) is -0.369. The lowest BCUT2D eigenvalue weighted by molar-refractivity contribution is -0.140. The van der Waals surface area contributed by atoms with Crippen molar-refractivity contribution < 1.29 is 19.7 Å². The number of hydrogen-bond donors (Lipinski definition) is 2. The normalized spacial score (nSPS) is 29.1. The first-order valence-corrected chi connectivity index (χ1v) is 9.66. The lowest BCUT2D eigenvalue weighted by Gasteiger charge is -2.36. The van der Waals surface area contributed by atoms with Gasteiger partial charge in [0.25, 0.3) is 0 Å². The highest BCUT2D eigenvalue weighted by atomic mass is 16.5. The summed E-state index contributed by atoms with van der Waals surface area (Å²) < 4.78 is 5.22. The third-order valence-corrected chi connectivity index (χ3v) is 5.23. The van der Waals surface area contributed by atoms with Gasteiger partial charge in [-0.15, -0.1) is 0 Å². The molecule has 1 aliphatic rings. The predicted octanol–water partition coefficient (Wildman–Crippen LogP) is 4.18. The first-order chi connectivity index (χ1) is 12.3. The summed E-state index contributed by atoms with van der Waals surface area (Å²) in [7, 11) is 0. The van der Waals surface area contributed by atoms with Gasteiger partial charge >= 0.3 is 5.97 Å². The van der Waals surface area contributed by atoms with E-state index in [1.54, 1.807) is 0 Å². The Hall–Kier alpha value is -1.39. The number of allylic oxidation sites excluding steroid dienone is 4. The molecule has 0 heterocycles. The van der Waals surface area contributed by atoms with Gasteiger partial charge in [-0.1, -0.05) is 36.3 Å². The molecule has 2 N–H and O–H groups in total. The maximum atomic E-state index is 11.3. The average Bonchev–Trinajstić information content (AvgIpc) is 2.59. The zero-order chi connectivity index (χ0) is 19.7. The van der Waals surface area contributed by atoms with E-state index in [1.165, 1.54) is 12.5 Å². The molecule has 0 radical (unpaired) electrons. The van der Waals surface area contributed by atoms with Crippen LogP contribution in [-0.4, -0.2) is 35.5 Å². The Kier molecular flexibility index (Phi) is 9.89. The van der Waals surface area contributed by atoms with Crippen LogP contribution in [0.4, 0.5) is 0 Å². The van der Waals surface area contributed by atoms with Crippen LogP contribution in [0.2, 0.25) is 0 Å². The Morgan fingerprint density at radius 2 is 2.04 bits per heavy atom. The molecule has 1 aliphatic carbocycles. The summed E-state index contributed by atoms with van der Waals surface area (Å²) >= 11 is 0. The van der Waals surface area contributed by atoms with Gasteiger partial charge in [-0.3, -0.25) is 4.79 Å². The fourth-order valence-corrected chi connectivity index (χ4v) is 3.82. The molecule has 0 fully saturated rings. The molecule has 0 bridgehead atoms. The second kappa shape index (κ2) is 11.3. The molecule has 0 aliphatic heterocycles. The van der Waals surface area contributed by atoms with Crippen LogP contribution >= 0.6 is 0 Å². The Labute approximate surface area is 158 Å². The summed E-state index contributed by atoms with van der Waals surface area (Å²) in [6.07, 6.45) is 9.09. The summed E-state index contributed by atoms with van der Waals surface area (Å²) in [5, 5.41) is 21.1. The van der Waals surface area contributed by atoms with Gasteiger partial charge in [-0.05, 0) is 63.9 Å². The molecule has 4 heteroatoms. The standard InChI is InChI=1S/C22H36O4/c1-15(2)8-6-10-17(4)22-20(13-23)19(14-26-18(5)24)11-7-9-16(3)12-21(22)25/h8-9,11,17,20-23,25H,6-7,10,12-14H2,1-5H3/b16-9+,19-11+/t17-,20-,21-,22-/m1/s1. The molecule has 1 rings (SSSR count). The quantitative estimate of drug-likeness (QED) is 0.525. The Morgan fingerprint density at radius 3 is 2.62 bits per heavy atom. The molecule has 0 saturated carbocycles. The fraction of sp³-hybridized carbons (Fsp3) is 0.682. The lowest BCUT2D eigenvalue weighted by Crippen LogP contribution is -2.37. The van der Waals surface area contributed by atoms with Gasteiger partial charge in [0.15, 0.2) is 0 Å². The minimum Gasteiger partial charge on any atom is -0.461 e. The molecule has 26 heavy (non-hydrogen) atoms. The van der Waals surface area contributed by atoms with Crippen molar-refractivity contribution in [1.29, 1.82) is 0 Å². The van der Waals surface area contributed by atoms with Gasteiger partial charge in [-0.25, -0.2) is 0 Å². The highest BCUT2D eigenvalue weighted by Crippen LogP contribution is 2.36. The highest BCUT2D eigenvalue weighted by molar-refractivity contribution is 5.66. The molecule has 0 saturated heterocycles. The maximum Gasteiger partial charge on any atom is 0.302 e. The topological polar surface area (TPSA) is 66.8 Å². The highest BCUT2D eigenvalue weighted by Gasteiger charge is 2.35. The van der Waals surface area contributed by atoms with Crippen molar-refractivity contribution in [1.82, 2.24) is 0 Å². The minimum atomic E-state index is -0.524. The summed E-state index contributed by atoms with van der Waals surface area (Å²) in [5.41, 5.74) is 3.35. The first kappa shape index (κ1) is 22.7. The molecule has 4 atom stereocenters. The molecular weight excluding hydrogens is 328 g/mol. The monoisotopic (exact) mass is 364 g/mol. The molecule has 0 unspecified atom stereocenters. The van der Waals surface area contributed by atoms with E-state index in [4.69, 9.17) is 4.74 Å². The number of hydrogen-bond acceptors (Lipinski definition) is 4. The van der Waals surface area contributed by atoms with E-state index in [0.29, 0.717) is 6.42 Å². The SMILES string of the molecule is CC(=O)OC/C1=C\C/C=C(\C)C[C@@H](O)[C@H]([C@H](C)CCC=C(C)C)[C@@H]1CO. The Bertz CT molecular complexity index is 540. The summed E-state index contributed by atoms with van der Waals surface area (Å²) in [6, 6.07) is 0. The van der Waals surface area contributed by atoms with E-state index >= 15 is 0 Å². The number of carbonyl (C=O) groups excluding carboxylic acids is 1. The van der Waals surface area contributed by atoms with Crippen molar-refractivity contribution in [3.05, 3.63) is 34.9 Å². The smallest absolute Gasteiger partial charge is 0.302 e. The van der Waals surface area contributed by atoms with Crippen LogP contribution in [0.5, 0.6) is 0 Å². The first-order valence-electron chi connectivity index (χ1n) is 9.66. The van der Waals surface area contributed by atoms with E-state index in [9.17, 15) is 15.0 Å². The largest absolute Gasteiger partial charge is 0.461 e. The van der Waals surface area contributed by atoms with E-state index in [-0.39, 0.29) is 36.9 Å².